The summed E-state index contributed by atoms with van der Waals surface area (Å²) in [7, 11) is -1.37. The summed E-state index contributed by atoms with van der Waals surface area (Å²) in [5, 5.41) is 8.02. The molecule has 2 heterocycles. The molecule has 8 heteroatoms. The lowest BCUT2D eigenvalue weighted by Crippen LogP contribution is -2.36. The lowest BCUT2D eigenvalue weighted by molar-refractivity contribution is -0.121. The molecule has 0 bridgehead atoms. The molecule has 1 fully saturated rings. The van der Waals surface area contributed by atoms with Gasteiger partial charge in [0.2, 0.25) is 5.91 Å². The summed E-state index contributed by atoms with van der Waals surface area (Å²) in [4.78, 5) is 12.0. The number of benzene rings is 1. The van der Waals surface area contributed by atoms with Crippen LogP contribution in [0.15, 0.2) is 24.4 Å². The third-order valence-corrected chi connectivity index (χ3v) is 5.77. The average molecular weight is 337 g/mol. The van der Waals surface area contributed by atoms with E-state index in [0.29, 0.717) is 13.0 Å². The number of aromatic nitrogens is 2. The van der Waals surface area contributed by atoms with Gasteiger partial charge in [-0.05, 0) is 24.6 Å². The third-order valence-electron chi connectivity index (χ3n) is 4.00. The van der Waals surface area contributed by atoms with E-state index < -0.39 is 9.84 Å². The maximum Gasteiger partial charge on any atom is 0.222 e. The SMILES string of the molecule is COc1ccc2c(cnn2CCC(=O)NC2CCS(=O)(=O)C2)c1. The van der Waals surface area contributed by atoms with Crippen LogP contribution in [0.4, 0.5) is 0 Å². The maximum atomic E-state index is 12.0. The van der Waals surface area contributed by atoms with Crippen LogP contribution in [0.2, 0.25) is 0 Å². The standard InChI is InChI=1S/C15H19N3O4S/c1-22-13-2-3-14-11(8-13)9-16-18(14)6-4-15(19)17-12-5-7-23(20,21)10-12/h2-3,8-9,12H,4-7,10H2,1H3,(H,17,19). The predicted octanol–water partition coefficient (Wildman–Crippen LogP) is 0.738. The first-order valence-corrected chi connectivity index (χ1v) is 9.28. The minimum Gasteiger partial charge on any atom is -0.497 e. The first-order valence-electron chi connectivity index (χ1n) is 7.46. The smallest absolute Gasteiger partial charge is 0.222 e. The molecule has 23 heavy (non-hydrogen) atoms. The second-order valence-corrected chi connectivity index (χ2v) is 7.94. The van der Waals surface area contributed by atoms with E-state index in [0.717, 1.165) is 16.7 Å². The molecule has 1 aliphatic heterocycles. The van der Waals surface area contributed by atoms with Crippen molar-refractivity contribution in [2.75, 3.05) is 18.6 Å². The van der Waals surface area contributed by atoms with Crippen molar-refractivity contribution in [3.8, 4) is 5.75 Å². The maximum absolute atomic E-state index is 12.0. The molecule has 3 rings (SSSR count). The van der Waals surface area contributed by atoms with Gasteiger partial charge >= 0.3 is 0 Å². The molecule has 1 N–H and O–H groups in total. The number of amides is 1. The number of ether oxygens (including phenoxy) is 1. The van der Waals surface area contributed by atoms with Gasteiger partial charge in [-0.15, -0.1) is 0 Å². The highest BCUT2D eigenvalue weighted by Gasteiger charge is 2.28. The van der Waals surface area contributed by atoms with E-state index in [-0.39, 0.29) is 29.9 Å². The van der Waals surface area contributed by atoms with Gasteiger partial charge < -0.3 is 10.1 Å². The van der Waals surface area contributed by atoms with Crippen LogP contribution in [-0.4, -0.2) is 48.8 Å². The molecule has 1 aromatic carbocycles. The number of hydrogen-bond donors (Lipinski definition) is 1. The van der Waals surface area contributed by atoms with E-state index in [2.05, 4.69) is 10.4 Å². The summed E-state index contributed by atoms with van der Waals surface area (Å²) in [5.74, 6) is 0.814. The van der Waals surface area contributed by atoms with Gasteiger partial charge in [-0.2, -0.15) is 5.10 Å². The van der Waals surface area contributed by atoms with Crippen LogP contribution in [0.25, 0.3) is 10.9 Å². The third kappa shape index (κ3) is 3.64. The van der Waals surface area contributed by atoms with Crippen molar-refractivity contribution in [2.24, 2.45) is 0 Å². The van der Waals surface area contributed by atoms with Crippen LogP contribution in [0.5, 0.6) is 5.75 Å². The molecular formula is C15H19N3O4S. The van der Waals surface area contributed by atoms with Gasteiger partial charge in [0.15, 0.2) is 9.84 Å². The summed E-state index contributed by atoms with van der Waals surface area (Å²) in [5.41, 5.74) is 0.932. The zero-order valence-electron chi connectivity index (χ0n) is 12.9. The quantitative estimate of drug-likeness (QED) is 0.869. The molecule has 0 aliphatic carbocycles. The largest absolute Gasteiger partial charge is 0.497 e. The van der Waals surface area contributed by atoms with Crippen molar-refractivity contribution >= 4 is 26.6 Å². The minimum atomic E-state index is -2.98. The molecule has 1 aromatic heterocycles. The topological polar surface area (TPSA) is 90.3 Å². The molecule has 124 valence electrons. The highest BCUT2D eigenvalue weighted by atomic mass is 32.2. The molecule has 0 saturated carbocycles. The molecular weight excluding hydrogens is 318 g/mol. The van der Waals surface area contributed by atoms with Crippen molar-refractivity contribution in [2.45, 2.75) is 25.4 Å². The number of methoxy groups -OCH3 is 1. The zero-order chi connectivity index (χ0) is 16.4. The van der Waals surface area contributed by atoms with E-state index in [1.807, 2.05) is 18.2 Å². The van der Waals surface area contributed by atoms with Crippen LogP contribution in [0.1, 0.15) is 12.8 Å². The van der Waals surface area contributed by atoms with Gasteiger partial charge in [-0.3, -0.25) is 9.48 Å². The van der Waals surface area contributed by atoms with Crippen LogP contribution in [0, 0.1) is 0 Å². The van der Waals surface area contributed by atoms with E-state index >= 15 is 0 Å². The minimum absolute atomic E-state index is 0.0449. The molecule has 1 atom stereocenters. The van der Waals surface area contributed by atoms with E-state index in [1.54, 1.807) is 18.0 Å². The van der Waals surface area contributed by atoms with Gasteiger partial charge in [0, 0.05) is 17.8 Å². The van der Waals surface area contributed by atoms with Crippen LogP contribution in [0.3, 0.4) is 0 Å². The monoisotopic (exact) mass is 337 g/mol. The molecule has 1 amide bonds. The Labute approximate surface area is 134 Å². The number of nitrogens with one attached hydrogen (secondary N) is 1. The average Bonchev–Trinajstić information content (AvgIpc) is 3.07. The Hall–Kier alpha value is -2.09. The van der Waals surface area contributed by atoms with Gasteiger partial charge in [0.25, 0.3) is 0 Å². The summed E-state index contributed by atoms with van der Waals surface area (Å²) in [6.07, 6.45) is 2.50. The Kier molecular flexibility index (Phi) is 4.25. The number of aryl methyl sites for hydroxylation is 1. The van der Waals surface area contributed by atoms with Crippen molar-refractivity contribution in [1.82, 2.24) is 15.1 Å². The number of carbonyl (C=O) groups excluding carboxylic acids is 1. The fourth-order valence-corrected chi connectivity index (χ4v) is 4.46. The van der Waals surface area contributed by atoms with E-state index in [9.17, 15) is 13.2 Å². The van der Waals surface area contributed by atoms with Crippen molar-refractivity contribution in [3.63, 3.8) is 0 Å². The lowest BCUT2D eigenvalue weighted by Gasteiger charge is -2.11. The van der Waals surface area contributed by atoms with Crippen molar-refractivity contribution < 1.29 is 17.9 Å². The highest BCUT2D eigenvalue weighted by Crippen LogP contribution is 2.20. The Morgan fingerprint density at radius 3 is 3.00 bits per heavy atom. The molecule has 0 radical (unpaired) electrons. The van der Waals surface area contributed by atoms with Crippen LogP contribution >= 0.6 is 0 Å². The first kappa shape index (κ1) is 15.8. The fraction of sp³-hybridized carbons (Fsp3) is 0.467. The second-order valence-electron chi connectivity index (χ2n) is 5.71. The molecule has 1 aliphatic rings. The Bertz CT molecular complexity index is 828. The van der Waals surface area contributed by atoms with E-state index in [4.69, 9.17) is 4.74 Å². The highest BCUT2D eigenvalue weighted by molar-refractivity contribution is 7.91. The predicted molar refractivity (Wildman–Crippen MR) is 86.1 cm³/mol. The lowest BCUT2D eigenvalue weighted by atomic mass is 10.2. The van der Waals surface area contributed by atoms with Crippen LogP contribution in [-0.2, 0) is 21.2 Å². The number of carbonyl (C=O) groups is 1. The van der Waals surface area contributed by atoms with Gasteiger partial charge in [-0.1, -0.05) is 0 Å². The number of rotatable bonds is 5. The van der Waals surface area contributed by atoms with Gasteiger partial charge in [0.05, 0.1) is 36.9 Å². The van der Waals surface area contributed by atoms with Crippen molar-refractivity contribution in [3.05, 3.63) is 24.4 Å². The number of hydrogen-bond acceptors (Lipinski definition) is 5. The van der Waals surface area contributed by atoms with Crippen molar-refractivity contribution in [1.29, 1.82) is 0 Å². The molecule has 0 spiro atoms. The Morgan fingerprint density at radius 1 is 1.48 bits per heavy atom. The molecule has 1 saturated heterocycles. The normalized spacial score (nSPS) is 19.8. The Morgan fingerprint density at radius 2 is 2.30 bits per heavy atom. The number of fused-ring (bicyclic) bond motifs is 1. The molecule has 2 aromatic rings. The number of sulfone groups is 1. The van der Waals surface area contributed by atoms with Crippen LogP contribution < -0.4 is 10.1 Å². The number of nitrogens with zero attached hydrogens (tertiary/aromatic N) is 2. The summed E-state index contributed by atoms with van der Waals surface area (Å²) >= 11 is 0. The van der Waals surface area contributed by atoms with E-state index in [1.165, 1.54) is 0 Å². The fourth-order valence-electron chi connectivity index (χ4n) is 2.79. The zero-order valence-corrected chi connectivity index (χ0v) is 13.7. The van der Waals surface area contributed by atoms with Gasteiger partial charge in [-0.25, -0.2) is 8.42 Å². The molecule has 1 unspecified atom stereocenters. The molecule has 7 nitrogen and oxygen atoms in total. The second kappa shape index (κ2) is 6.19. The summed E-state index contributed by atoms with van der Waals surface area (Å²) in [6.45, 7) is 0.446. The Balaban J connectivity index is 1.59. The first-order chi connectivity index (χ1) is 11.0. The van der Waals surface area contributed by atoms with Gasteiger partial charge in [0.1, 0.15) is 5.75 Å². The summed E-state index contributed by atoms with van der Waals surface area (Å²) in [6, 6.07) is 5.39. The summed E-state index contributed by atoms with van der Waals surface area (Å²) < 4.78 is 29.7.